The van der Waals surface area contributed by atoms with Crippen LogP contribution in [0.15, 0.2) is 24.5 Å². The Balaban J connectivity index is 2.16. The van der Waals surface area contributed by atoms with Gasteiger partial charge in [0, 0.05) is 25.4 Å². The Morgan fingerprint density at radius 3 is 2.67 bits per heavy atom. The zero-order chi connectivity index (χ0) is 15.2. The van der Waals surface area contributed by atoms with Crippen LogP contribution in [0.5, 0.6) is 0 Å². The first-order valence-corrected chi connectivity index (χ1v) is 6.17. The van der Waals surface area contributed by atoms with Gasteiger partial charge in [0.25, 0.3) is 0 Å². The van der Waals surface area contributed by atoms with Crippen LogP contribution in [0.25, 0.3) is 0 Å². The van der Waals surface area contributed by atoms with Crippen LogP contribution in [0.2, 0.25) is 0 Å². The number of aromatic nitrogens is 2. The van der Waals surface area contributed by atoms with Crippen molar-refractivity contribution in [1.29, 1.82) is 0 Å². The molecule has 0 saturated heterocycles. The van der Waals surface area contributed by atoms with E-state index in [1.807, 2.05) is 0 Å². The number of halogens is 2. The molecule has 0 saturated carbocycles. The van der Waals surface area contributed by atoms with Crippen molar-refractivity contribution in [2.75, 3.05) is 36.6 Å². The fourth-order valence-corrected chi connectivity index (χ4v) is 1.62. The van der Waals surface area contributed by atoms with Gasteiger partial charge in [-0.1, -0.05) is 0 Å². The summed E-state index contributed by atoms with van der Waals surface area (Å²) in [4.78, 5) is 7.99. The largest absolute Gasteiger partial charge is 0.393 e. The van der Waals surface area contributed by atoms with E-state index in [0.29, 0.717) is 30.5 Å². The molecule has 112 valence electrons. The highest BCUT2D eigenvalue weighted by atomic mass is 19.2. The minimum absolute atomic E-state index is 0.276. The molecule has 1 aromatic carbocycles. The van der Waals surface area contributed by atoms with Gasteiger partial charge >= 0.3 is 0 Å². The molecule has 0 aliphatic heterocycles. The average molecular weight is 295 g/mol. The van der Waals surface area contributed by atoms with Crippen molar-refractivity contribution >= 4 is 23.0 Å². The molecular weight excluding hydrogens is 280 g/mol. The molecule has 4 N–H and O–H groups in total. The molecule has 0 spiro atoms. The summed E-state index contributed by atoms with van der Waals surface area (Å²) >= 11 is 0. The van der Waals surface area contributed by atoms with Gasteiger partial charge in [-0.3, -0.25) is 0 Å². The molecule has 0 atom stereocenters. The molecule has 0 radical (unpaired) electrons. The number of methoxy groups -OCH3 is 1. The van der Waals surface area contributed by atoms with E-state index >= 15 is 0 Å². The second-order valence-electron chi connectivity index (χ2n) is 4.16. The van der Waals surface area contributed by atoms with Crippen LogP contribution in [-0.4, -0.2) is 30.2 Å². The van der Waals surface area contributed by atoms with E-state index in [-0.39, 0.29) is 5.69 Å². The average Bonchev–Trinajstić information content (AvgIpc) is 2.47. The molecule has 1 heterocycles. The lowest BCUT2D eigenvalue weighted by Crippen LogP contribution is -2.12. The Kier molecular flexibility index (Phi) is 4.83. The highest BCUT2D eigenvalue weighted by Crippen LogP contribution is 2.26. The van der Waals surface area contributed by atoms with Crippen LogP contribution in [-0.2, 0) is 4.74 Å². The number of benzene rings is 1. The van der Waals surface area contributed by atoms with Crippen LogP contribution in [0, 0.1) is 11.6 Å². The predicted molar refractivity (Wildman–Crippen MR) is 76.5 cm³/mol. The lowest BCUT2D eigenvalue weighted by molar-refractivity contribution is 0.210. The molecule has 0 fully saturated rings. The molecular formula is C13H15F2N5O. The summed E-state index contributed by atoms with van der Waals surface area (Å²) in [5, 5.41) is 5.80. The van der Waals surface area contributed by atoms with Crippen LogP contribution in [0.3, 0.4) is 0 Å². The molecule has 1 aromatic heterocycles. The lowest BCUT2D eigenvalue weighted by Gasteiger charge is -2.12. The van der Waals surface area contributed by atoms with E-state index in [0.717, 1.165) is 12.1 Å². The Morgan fingerprint density at radius 1 is 1.19 bits per heavy atom. The van der Waals surface area contributed by atoms with Crippen molar-refractivity contribution in [3.8, 4) is 0 Å². The van der Waals surface area contributed by atoms with E-state index < -0.39 is 11.6 Å². The summed E-state index contributed by atoms with van der Waals surface area (Å²) in [6.45, 7) is 1.03. The SMILES string of the molecule is COCCNc1ncnc(Nc2ccc(F)c(F)c2)c1N. The minimum atomic E-state index is -0.953. The smallest absolute Gasteiger partial charge is 0.160 e. The standard InChI is InChI=1S/C13H15F2N5O/c1-21-5-4-17-12-11(16)13(19-7-18-12)20-8-2-3-9(14)10(15)6-8/h2-3,6-7H,4-5,16H2,1H3,(H2,17,18,19,20). The van der Waals surface area contributed by atoms with Gasteiger partial charge in [0.15, 0.2) is 23.3 Å². The van der Waals surface area contributed by atoms with Gasteiger partial charge in [0.2, 0.25) is 0 Å². The topological polar surface area (TPSA) is 85.1 Å². The summed E-state index contributed by atoms with van der Waals surface area (Å²) in [5.74, 6) is -1.13. The molecule has 2 aromatic rings. The molecule has 21 heavy (non-hydrogen) atoms. The maximum atomic E-state index is 13.2. The highest BCUT2D eigenvalue weighted by Gasteiger charge is 2.09. The molecule has 0 bridgehead atoms. The van der Waals surface area contributed by atoms with Gasteiger partial charge in [-0.05, 0) is 12.1 Å². The Labute approximate surface area is 120 Å². The Morgan fingerprint density at radius 2 is 1.95 bits per heavy atom. The third-order valence-corrected chi connectivity index (χ3v) is 2.66. The fraction of sp³-hybridized carbons (Fsp3) is 0.231. The third kappa shape index (κ3) is 3.76. The Bertz CT molecular complexity index is 624. The first-order chi connectivity index (χ1) is 10.1. The molecule has 0 unspecified atom stereocenters. The molecule has 0 aliphatic rings. The summed E-state index contributed by atoms with van der Waals surface area (Å²) in [5.41, 5.74) is 6.53. The van der Waals surface area contributed by atoms with Gasteiger partial charge in [-0.15, -0.1) is 0 Å². The molecule has 6 nitrogen and oxygen atoms in total. The van der Waals surface area contributed by atoms with Crippen molar-refractivity contribution in [3.05, 3.63) is 36.2 Å². The number of nitrogens with two attached hydrogens (primary N) is 1. The maximum Gasteiger partial charge on any atom is 0.160 e. The van der Waals surface area contributed by atoms with E-state index in [1.54, 1.807) is 7.11 Å². The summed E-state index contributed by atoms with van der Waals surface area (Å²) in [7, 11) is 1.58. The number of nitrogen functional groups attached to an aromatic ring is 1. The van der Waals surface area contributed by atoms with E-state index in [9.17, 15) is 8.78 Å². The minimum Gasteiger partial charge on any atom is -0.393 e. The van der Waals surface area contributed by atoms with Crippen LogP contribution in [0.1, 0.15) is 0 Å². The second-order valence-corrected chi connectivity index (χ2v) is 4.16. The van der Waals surface area contributed by atoms with Gasteiger partial charge in [-0.25, -0.2) is 18.7 Å². The number of rotatable bonds is 6. The quantitative estimate of drug-likeness (QED) is 0.708. The van der Waals surface area contributed by atoms with Crippen LogP contribution >= 0.6 is 0 Å². The molecule has 0 aliphatic carbocycles. The molecule has 0 amide bonds. The van der Waals surface area contributed by atoms with Gasteiger partial charge in [-0.2, -0.15) is 0 Å². The van der Waals surface area contributed by atoms with Gasteiger partial charge in [0.1, 0.15) is 12.0 Å². The van der Waals surface area contributed by atoms with Crippen LogP contribution < -0.4 is 16.4 Å². The molecule has 8 heteroatoms. The van der Waals surface area contributed by atoms with Crippen molar-refractivity contribution < 1.29 is 13.5 Å². The van der Waals surface area contributed by atoms with Crippen molar-refractivity contribution in [2.24, 2.45) is 0 Å². The highest BCUT2D eigenvalue weighted by molar-refractivity contribution is 5.77. The fourth-order valence-electron chi connectivity index (χ4n) is 1.62. The molecule has 2 rings (SSSR count). The predicted octanol–water partition coefficient (Wildman–Crippen LogP) is 2.14. The number of hydrogen-bond acceptors (Lipinski definition) is 6. The maximum absolute atomic E-state index is 13.2. The number of nitrogens with one attached hydrogen (secondary N) is 2. The van der Waals surface area contributed by atoms with Gasteiger partial charge in [0.05, 0.1) is 6.61 Å². The zero-order valence-corrected chi connectivity index (χ0v) is 11.4. The first kappa shape index (κ1) is 14.9. The monoisotopic (exact) mass is 295 g/mol. The van der Waals surface area contributed by atoms with Crippen molar-refractivity contribution in [1.82, 2.24) is 9.97 Å². The summed E-state index contributed by atoms with van der Waals surface area (Å²) in [6.07, 6.45) is 1.31. The van der Waals surface area contributed by atoms with Crippen molar-refractivity contribution in [3.63, 3.8) is 0 Å². The second kappa shape index (κ2) is 6.80. The summed E-state index contributed by atoms with van der Waals surface area (Å²) < 4.78 is 31.0. The number of hydrogen-bond donors (Lipinski definition) is 3. The lowest BCUT2D eigenvalue weighted by atomic mass is 10.3. The number of nitrogens with zero attached hydrogens (tertiary/aromatic N) is 2. The Hall–Kier alpha value is -2.48. The van der Waals surface area contributed by atoms with Crippen LogP contribution in [0.4, 0.5) is 31.8 Å². The zero-order valence-electron chi connectivity index (χ0n) is 11.4. The first-order valence-electron chi connectivity index (χ1n) is 6.17. The van der Waals surface area contributed by atoms with E-state index in [1.165, 1.54) is 12.4 Å². The van der Waals surface area contributed by atoms with E-state index in [4.69, 9.17) is 10.5 Å². The number of anilines is 4. The third-order valence-electron chi connectivity index (χ3n) is 2.66. The van der Waals surface area contributed by atoms with Crippen molar-refractivity contribution in [2.45, 2.75) is 0 Å². The number of ether oxygens (including phenoxy) is 1. The summed E-state index contributed by atoms with van der Waals surface area (Å²) in [6, 6.07) is 3.43. The van der Waals surface area contributed by atoms with Gasteiger partial charge < -0.3 is 21.1 Å². The van der Waals surface area contributed by atoms with E-state index in [2.05, 4.69) is 20.6 Å². The normalized spacial score (nSPS) is 10.4.